The smallest absolute Gasteiger partial charge is 0.314 e. The molecule has 1 aliphatic rings. The monoisotopic (exact) mass is 230 g/mol. The van der Waals surface area contributed by atoms with Gasteiger partial charge >= 0.3 is 5.97 Å². The standard InChI is InChI=1S/C13H14N2O2/c1-2-15-8-14-10-7-9(3-4-11(10)15)13(5-6-13)12(16)17/h3-4,7-8H,2,5-6H2,1H3,(H,16,17). The Hall–Kier alpha value is -1.84. The third-order valence-electron chi connectivity index (χ3n) is 3.67. The second-order valence-electron chi connectivity index (χ2n) is 4.62. The van der Waals surface area contributed by atoms with E-state index in [9.17, 15) is 9.90 Å². The summed E-state index contributed by atoms with van der Waals surface area (Å²) >= 11 is 0. The van der Waals surface area contributed by atoms with E-state index in [4.69, 9.17) is 0 Å². The molecule has 1 fully saturated rings. The summed E-state index contributed by atoms with van der Waals surface area (Å²) in [7, 11) is 0. The van der Waals surface area contributed by atoms with Crippen LogP contribution in [0.25, 0.3) is 11.0 Å². The second-order valence-corrected chi connectivity index (χ2v) is 4.62. The van der Waals surface area contributed by atoms with Crippen LogP contribution in [0.3, 0.4) is 0 Å². The minimum absolute atomic E-state index is 0.635. The van der Waals surface area contributed by atoms with E-state index in [1.54, 1.807) is 6.33 Å². The third kappa shape index (κ3) is 1.37. The van der Waals surface area contributed by atoms with E-state index in [1.165, 1.54) is 0 Å². The zero-order valence-electron chi connectivity index (χ0n) is 9.68. The first kappa shape index (κ1) is 10.3. The molecule has 4 nitrogen and oxygen atoms in total. The van der Waals surface area contributed by atoms with E-state index in [1.807, 2.05) is 18.2 Å². The van der Waals surface area contributed by atoms with Gasteiger partial charge in [0.25, 0.3) is 0 Å². The van der Waals surface area contributed by atoms with E-state index in [-0.39, 0.29) is 0 Å². The minimum Gasteiger partial charge on any atom is -0.481 e. The normalized spacial score (nSPS) is 17.2. The van der Waals surface area contributed by atoms with E-state index in [0.717, 1.165) is 36.0 Å². The van der Waals surface area contributed by atoms with Crippen molar-refractivity contribution in [1.29, 1.82) is 0 Å². The van der Waals surface area contributed by atoms with Gasteiger partial charge in [0.2, 0.25) is 0 Å². The summed E-state index contributed by atoms with van der Waals surface area (Å²) in [5.74, 6) is -0.716. The number of nitrogens with zero attached hydrogens (tertiary/aromatic N) is 2. The van der Waals surface area contributed by atoms with Gasteiger partial charge in [-0.15, -0.1) is 0 Å². The summed E-state index contributed by atoms with van der Waals surface area (Å²) in [4.78, 5) is 15.6. The van der Waals surface area contributed by atoms with Crippen molar-refractivity contribution in [2.75, 3.05) is 0 Å². The number of carboxylic acids is 1. The van der Waals surface area contributed by atoms with Crippen LogP contribution in [-0.4, -0.2) is 20.6 Å². The Morgan fingerprint density at radius 2 is 2.29 bits per heavy atom. The molecule has 0 radical (unpaired) electrons. The lowest BCUT2D eigenvalue weighted by atomic mass is 9.96. The van der Waals surface area contributed by atoms with Gasteiger partial charge < -0.3 is 9.67 Å². The molecule has 0 saturated heterocycles. The fourth-order valence-electron chi connectivity index (χ4n) is 2.36. The summed E-state index contributed by atoms with van der Waals surface area (Å²) < 4.78 is 2.06. The van der Waals surface area contributed by atoms with E-state index in [0.29, 0.717) is 0 Å². The van der Waals surface area contributed by atoms with Crippen LogP contribution < -0.4 is 0 Å². The van der Waals surface area contributed by atoms with Gasteiger partial charge in [-0.25, -0.2) is 4.98 Å². The molecular formula is C13H14N2O2. The molecule has 0 bridgehead atoms. The van der Waals surface area contributed by atoms with Gasteiger partial charge in [-0.05, 0) is 37.5 Å². The van der Waals surface area contributed by atoms with Crippen LogP contribution in [0, 0.1) is 0 Å². The molecule has 0 spiro atoms. The van der Waals surface area contributed by atoms with Crippen LogP contribution in [0.2, 0.25) is 0 Å². The molecule has 17 heavy (non-hydrogen) atoms. The Balaban J connectivity index is 2.12. The molecule has 88 valence electrons. The first-order valence-corrected chi connectivity index (χ1v) is 5.86. The molecule has 0 aliphatic heterocycles. The molecule has 1 aromatic carbocycles. The van der Waals surface area contributed by atoms with Crippen LogP contribution in [0.1, 0.15) is 25.3 Å². The van der Waals surface area contributed by atoms with Crippen LogP contribution in [0.5, 0.6) is 0 Å². The van der Waals surface area contributed by atoms with Crippen molar-refractivity contribution in [2.24, 2.45) is 0 Å². The Morgan fingerprint density at radius 1 is 1.53 bits per heavy atom. The fourth-order valence-corrected chi connectivity index (χ4v) is 2.36. The molecule has 3 rings (SSSR count). The Labute approximate surface area is 98.9 Å². The summed E-state index contributed by atoms with van der Waals surface area (Å²) in [5.41, 5.74) is 2.21. The SMILES string of the molecule is CCn1cnc2cc(C3(C(=O)O)CC3)ccc21. The quantitative estimate of drug-likeness (QED) is 0.879. The highest BCUT2D eigenvalue weighted by Crippen LogP contribution is 2.48. The highest BCUT2D eigenvalue weighted by Gasteiger charge is 2.51. The van der Waals surface area contributed by atoms with Crippen molar-refractivity contribution < 1.29 is 9.90 Å². The average Bonchev–Trinajstić information content (AvgIpc) is 3.04. The Kier molecular flexibility index (Phi) is 2.02. The molecule has 2 aromatic rings. The summed E-state index contributed by atoms with van der Waals surface area (Å²) in [5, 5.41) is 9.26. The minimum atomic E-state index is -0.716. The molecule has 1 heterocycles. The van der Waals surface area contributed by atoms with Gasteiger partial charge in [0.1, 0.15) is 0 Å². The second kappa shape index (κ2) is 3.32. The zero-order valence-corrected chi connectivity index (χ0v) is 9.68. The van der Waals surface area contributed by atoms with Gasteiger partial charge in [0.15, 0.2) is 0 Å². The van der Waals surface area contributed by atoms with E-state index in [2.05, 4.69) is 16.5 Å². The van der Waals surface area contributed by atoms with E-state index < -0.39 is 11.4 Å². The van der Waals surface area contributed by atoms with Crippen molar-refractivity contribution in [1.82, 2.24) is 9.55 Å². The number of rotatable bonds is 3. The molecule has 0 unspecified atom stereocenters. The largest absolute Gasteiger partial charge is 0.481 e. The third-order valence-corrected chi connectivity index (χ3v) is 3.67. The van der Waals surface area contributed by atoms with Crippen molar-refractivity contribution in [3.05, 3.63) is 30.1 Å². The predicted molar refractivity (Wildman–Crippen MR) is 64.0 cm³/mol. The highest BCUT2D eigenvalue weighted by atomic mass is 16.4. The number of carboxylic acid groups (broad SMARTS) is 1. The van der Waals surface area contributed by atoms with Crippen LogP contribution in [0.4, 0.5) is 0 Å². The Morgan fingerprint density at radius 3 is 2.88 bits per heavy atom. The highest BCUT2D eigenvalue weighted by molar-refractivity contribution is 5.87. The maximum absolute atomic E-state index is 11.3. The molecular weight excluding hydrogens is 216 g/mol. The number of hydrogen-bond acceptors (Lipinski definition) is 2. The molecule has 0 atom stereocenters. The summed E-state index contributed by atoms with van der Waals surface area (Å²) in [6.07, 6.45) is 3.28. The molecule has 4 heteroatoms. The lowest BCUT2D eigenvalue weighted by Crippen LogP contribution is -2.19. The lowest BCUT2D eigenvalue weighted by Gasteiger charge is -2.10. The molecule has 1 aliphatic carbocycles. The summed E-state index contributed by atoms with van der Waals surface area (Å²) in [6.45, 7) is 2.94. The van der Waals surface area contributed by atoms with Gasteiger partial charge in [0, 0.05) is 6.54 Å². The number of imidazole rings is 1. The summed E-state index contributed by atoms with van der Waals surface area (Å²) in [6, 6.07) is 5.82. The molecule has 1 saturated carbocycles. The van der Waals surface area contributed by atoms with Crippen molar-refractivity contribution in [3.63, 3.8) is 0 Å². The number of aryl methyl sites for hydroxylation is 1. The number of aromatic nitrogens is 2. The number of carbonyl (C=O) groups is 1. The Bertz CT molecular complexity index is 596. The van der Waals surface area contributed by atoms with Crippen LogP contribution in [0.15, 0.2) is 24.5 Å². The number of aliphatic carboxylic acids is 1. The maximum atomic E-state index is 11.3. The van der Waals surface area contributed by atoms with Gasteiger partial charge in [-0.2, -0.15) is 0 Å². The van der Waals surface area contributed by atoms with Crippen molar-refractivity contribution in [3.8, 4) is 0 Å². The molecule has 1 N–H and O–H groups in total. The number of hydrogen-bond donors (Lipinski definition) is 1. The average molecular weight is 230 g/mol. The first-order chi connectivity index (χ1) is 8.17. The van der Waals surface area contributed by atoms with Crippen LogP contribution in [-0.2, 0) is 16.8 Å². The van der Waals surface area contributed by atoms with Gasteiger partial charge in [0.05, 0.1) is 22.8 Å². The van der Waals surface area contributed by atoms with Crippen molar-refractivity contribution in [2.45, 2.75) is 31.7 Å². The lowest BCUT2D eigenvalue weighted by molar-refractivity contribution is -0.140. The van der Waals surface area contributed by atoms with E-state index >= 15 is 0 Å². The molecule has 0 amide bonds. The number of fused-ring (bicyclic) bond motifs is 1. The van der Waals surface area contributed by atoms with Crippen LogP contribution >= 0.6 is 0 Å². The first-order valence-electron chi connectivity index (χ1n) is 5.86. The topological polar surface area (TPSA) is 55.1 Å². The van der Waals surface area contributed by atoms with Gasteiger partial charge in [-0.1, -0.05) is 6.07 Å². The predicted octanol–water partition coefficient (Wildman–Crippen LogP) is 2.17. The maximum Gasteiger partial charge on any atom is 0.314 e. The fraction of sp³-hybridized carbons (Fsp3) is 0.385. The number of benzene rings is 1. The zero-order chi connectivity index (χ0) is 12.0. The molecule has 1 aromatic heterocycles. The van der Waals surface area contributed by atoms with Crippen molar-refractivity contribution >= 4 is 17.0 Å². The van der Waals surface area contributed by atoms with Gasteiger partial charge in [-0.3, -0.25) is 4.79 Å².